The highest BCUT2D eigenvalue weighted by Gasteiger charge is 2.22. The summed E-state index contributed by atoms with van der Waals surface area (Å²) in [5.41, 5.74) is 1.20. The molecule has 0 radical (unpaired) electrons. The van der Waals surface area contributed by atoms with Crippen molar-refractivity contribution >= 4 is 17.5 Å². The number of aromatic nitrogens is 2. The predicted octanol–water partition coefficient (Wildman–Crippen LogP) is 4.10. The van der Waals surface area contributed by atoms with Gasteiger partial charge in [-0.05, 0) is 49.2 Å². The number of nitrogens with zero attached hydrogens (tertiary/aromatic N) is 3. The Balaban J connectivity index is 1.78. The molecular formula is C23H23F3N4O3. The molecule has 33 heavy (non-hydrogen) atoms. The summed E-state index contributed by atoms with van der Waals surface area (Å²) in [6.07, 6.45) is 2.15. The van der Waals surface area contributed by atoms with Crippen LogP contribution in [0, 0.1) is 24.4 Å². The number of rotatable bonds is 8. The van der Waals surface area contributed by atoms with Gasteiger partial charge >= 0.3 is 0 Å². The zero-order valence-electron chi connectivity index (χ0n) is 18.4. The Labute approximate surface area is 188 Å². The summed E-state index contributed by atoms with van der Waals surface area (Å²) >= 11 is 0. The summed E-state index contributed by atoms with van der Waals surface area (Å²) in [6, 6.07) is 8.66. The van der Waals surface area contributed by atoms with Crippen LogP contribution in [0.4, 0.5) is 18.9 Å². The van der Waals surface area contributed by atoms with Crippen molar-refractivity contribution in [2.45, 2.75) is 20.3 Å². The minimum absolute atomic E-state index is 0.0961. The summed E-state index contributed by atoms with van der Waals surface area (Å²) in [5, 5.41) is 6.49. The van der Waals surface area contributed by atoms with Crippen molar-refractivity contribution in [2.24, 2.45) is 0 Å². The number of ether oxygens (including phenoxy) is 1. The second-order valence-corrected chi connectivity index (χ2v) is 7.32. The summed E-state index contributed by atoms with van der Waals surface area (Å²) in [7, 11) is 1.53. The molecule has 0 aliphatic heterocycles. The van der Waals surface area contributed by atoms with Crippen molar-refractivity contribution in [1.29, 1.82) is 0 Å². The van der Waals surface area contributed by atoms with Crippen molar-refractivity contribution in [3.63, 3.8) is 0 Å². The average Bonchev–Trinajstić information content (AvgIpc) is 3.29. The quantitative estimate of drug-likeness (QED) is 0.514. The van der Waals surface area contributed by atoms with E-state index in [0.717, 1.165) is 11.6 Å². The molecule has 2 amide bonds. The molecule has 0 spiro atoms. The molecule has 2 aromatic carbocycles. The fraction of sp³-hybridized carbons (Fsp3) is 0.261. The van der Waals surface area contributed by atoms with Crippen LogP contribution in [0.25, 0.3) is 5.69 Å². The van der Waals surface area contributed by atoms with Gasteiger partial charge in [0.25, 0.3) is 5.91 Å². The van der Waals surface area contributed by atoms with Gasteiger partial charge in [0.2, 0.25) is 5.91 Å². The molecular weight excluding hydrogens is 437 g/mol. The van der Waals surface area contributed by atoms with Gasteiger partial charge in [0.1, 0.15) is 18.0 Å². The van der Waals surface area contributed by atoms with E-state index < -0.39 is 41.5 Å². The van der Waals surface area contributed by atoms with Gasteiger partial charge in [-0.3, -0.25) is 9.59 Å². The van der Waals surface area contributed by atoms with Crippen LogP contribution in [-0.4, -0.2) is 46.7 Å². The van der Waals surface area contributed by atoms with Gasteiger partial charge in [0.05, 0.1) is 12.8 Å². The van der Waals surface area contributed by atoms with Gasteiger partial charge in [-0.15, -0.1) is 0 Å². The maximum atomic E-state index is 13.9. The smallest absolute Gasteiger partial charge is 0.274 e. The SMILES string of the molecule is CCCN(CC(=O)Nc1ccc(F)c(F)c1F)C(=O)c1ccn(-c2cc(C)ccc2OC)n1. The lowest BCUT2D eigenvalue weighted by molar-refractivity contribution is -0.116. The largest absolute Gasteiger partial charge is 0.494 e. The van der Waals surface area contributed by atoms with Gasteiger partial charge in [-0.2, -0.15) is 5.10 Å². The number of aryl methyl sites for hydroxylation is 1. The van der Waals surface area contributed by atoms with E-state index in [1.54, 1.807) is 12.3 Å². The van der Waals surface area contributed by atoms with Crippen LogP contribution in [0.2, 0.25) is 0 Å². The Bertz CT molecular complexity index is 1180. The van der Waals surface area contributed by atoms with Crippen LogP contribution in [0.3, 0.4) is 0 Å². The van der Waals surface area contributed by atoms with E-state index >= 15 is 0 Å². The van der Waals surface area contributed by atoms with Gasteiger partial charge in [0, 0.05) is 12.7 Å². The zero-order valence-corrected chi connectivity index (χ0v) is 18.4. The monoisotopic (exact) mass is 460 g/mol. The van der Waals surface area contributed by atoms with Crippen LogP contribution in [0.5, 0.6) is 5.75 Å². The molecule has 0 aliphatic carbocycles. The first-order valence-corrected chi connectivity index (χ1v) is 10.2. The first kappa shape index (κ1) is 23.8. The first-order chi connectivity index (χ1) is 15.7. The fourth-order valence-electron chi connectivity index (χ4n) is 3.22. The molecule has 3 aromatic rings. The van der Waals surface area contributed by atoms with Gasteiger partial charge in [0.15, 0.2) is 23.1 Å². The number of amides is 2. The molecule has 3 rings (SSSR count). The third-order valence-corrected chi connectivity index (χ3v) is 4.81. The molecule has 0 fully saturated rings. The predicted molar refractivity (Wildman–Crippen MR) is 116 cm³/mol. The molecule has 10 heteroatoms. The minimum atomic E-state index is -1.69. The van der Waals surface area contributed by atoms with Gasteiger partial charge < -0.3 is 15.0 Å². The molecule has 0 aliphatic rings. The van der Waals surface area contributed by atoms with Crippen molar-refractivity contribution in [2.75, 3.05) is 25.5 Å². The lowest BCUT2D eigenvalue weighted by Crippen LogP contribution is -2.39. The van der Waals surface area contributed by atoms with E-state index in [-0.39, 0.29) is 12.2 Å². The summed E-state index contributed by atoms with van der Waals surface area (Å²) in [6.45, 7) is 3.54. The van der Waals surface area contributed by atoms with Crippen molar-refractivity contribution in [1.82, 2.24) is 14.7 Å². The Hall–Kier alpha value is -3.82. The van der Waals surface area contributed by atoms with E-state index in [4.69, 9.17) is 4.74 Å². The molecule has 1 N–H and O–H groups in total. The molecule has 174 valence electrons. The first-order valence-electron chi connectivity index (χ1n) is 10.2. The second kappa shape index (κ2) is 10.2. The normalized spacial score (nSPS) is 10.7. The second-order valence-electron chi connectivity index (χ2n) is 7.32. The molecule has 1 heterocycles. The molecule has 0 bridgehead atoms. The number of hydrogen-bond acceptors (Lipinski definition) is 4. The van der Waals surface area contributed by atoms with E-state index in [1.807, 2.05) is 26.0 Å². The molecule has 0 unspecified atom stereocenters. The topological polar surface area (TPSA) is 76.5 Å². The van der Waals surface area contributed by atoms with Crippen molar-refractivity contribution < 1.29 is 27.5 Å². The maximum absolute atomic E-state index is 13.9. The number of hydrogen-bond donors (Lipinski definition) is 1. The van der Waals surface area contributed by atoms with E-state index in [9.17, 15) is 22.8 Å². The average molecular weight is 460 g/mol. The minimum Gasteiger partial charge on any atom is -0.494 e. The number of benzene rings is 2. The number of carbonyl (C=O) groups is 2. The Kier molecular flexibility index (Phi) is 7.37. The number of anilines is 1. The highest BCUT2D eigenvalue weighted by atomic mass is 19.2. The van der Waals surface area contributed by atoms with Crippen LogP contribution in [0.1, 0.15) is 29.4 Å². The summed E-state index contributed by atoms with van der Waals surface area (Å²) in [5.74, 6) is -5.27. The Morgan fingerprint density at radius 2 is 1.88 bits per heavy atom. The lowest BCUT2D eigenvalue weighted by Gasteiger charge is -2.20. The number of carbonyl (C=O) groups excluding carboxylic acids is 2. The highest BCUT2D eigenvalue weighted by molar-refractivity contribution is 5.98. The number of methoxy groups -OCH3 is 1. The van der Waals surface area contributed by atoms with Crippen LogP contribution >= 0.6 is 0 Å². The van der Waals surface area contributed by atoms with Gasteiger partial charge in [-0.25, -0.2) is 17.9 Å². The molecule has 0 atom stereocenters. The fourth-order valence-corrected chi connectivity index (χ4v) is 3.22. The maximum Gasteiger partial charge on any atom is 0.274 e. The molecule has 0 saturated heterocycles. The summed E-state index contributed by atoms with van der Waals surface area (Å²) in [4.78, 5) is 26.7. The van der Waals surface area contributed by atoms with Crippen LogP contribution in [-0.2, 0) is 4.79 Å². The van der Waals surface area contributed by atoms with Crippen molar-refractivity contribution in [3.05, 3.63) is 71.3 Å². The van der Waals surface area contributed by atoms with E-state index in [0.29, 0.717) is 23.9 Å². The highest BCUT2D eigenvalue weighted by Crippen LogP contribution is 2.24. The number of nitrogens with one attached hydrogen (secondary N) is 1. The third kappa shape index (κ3) is 5.33. The molecule has 7 nitrogen and oxygen atoms in total. The summed E-state index contributed by atoms with van der Waals surface area (Å²) < 4.78 is 47.2. The Morgan fingerprint density at radius 3 is 2.58 bits per heavy atom. The zero-order chi connectivity index (χ0) is 24.1. The van der Waals surface area contributed by atoms with Gasteiger partial charge in [-0.1, -0.05) is 13.0 Å². The molecule has 0 saturated carbocycles. The van der Waals surface area contributed by atoms with E-state index in [1.165, 1.54) is 22.8 Å². The van der Waals surface area contributed by atoms with Crippen LogP contribution in [0.15, 0.2) is 42.6 Å². The molecule has 1 aromatic heterocycles. The van der Waals surface area contributed by atoms with Crippen molar-refractivity contribution in [3.8, 4) is 11.4 Å². The Morgan fingerprint density at radius 1 is 1.12 bits per heavy atom. The standard InChI is InChI=1S/C23H23F3N4O3/c1-4-10-29(13-20(31)27-16-7-6-15(24)21(25)22(16)26)23(32)17-9-11-30(28-17)18-12-14(2)5-8-19(18)33-3/h5-9,11-12H,4,10,13H2,1-3H3,(H,27,31). The number of halogens is 3. The van der Waals surface area contributed by atoms with Crippen LogP contribution < -0.4 is 10.1 Å². The van der Waals surface area contributed by atoms with E-state index in [2.05, 4.69) is 10.4 Å². The third-order valence-electron chi connectivity index (χ3n) is 4.81. The lowest BCUT2D eigenvalue weighted by atomic mass is 10.2.